The highest BCUT2D eigenvalue weighted by atomic mass is 35.5. The van der Waals surface area contributed by atoms with Crippen molar-refractivity contribution in [2.24, 2.45) is 0 Å². The third-order valence-corrected chi connectivity index (χ3v) is 1.78. The van der Waals surface area contributed by atoms with Crippen LogP contribution < -0.4 is 4.74 Å². The maximum atomic E-state index is 12.6. The van der Waals surface area contributed by atoms with Crippen molar-refractivity contribution in [1.82, 2.24) is 0 Å². The molecule has 0 aliphatic rings. The minimum Gasteiger partial charge on any atom is -0.433 e. The molecule has 0 saturated carbocycles. The van der Waals surface area contributed by atoms with Gasteiger partial charge in [-0.2, -0.15) is 8.78 Å². The lowest BCUT2D eigenvalue weighted by Gasteiger charge is -2.06. The molecule has 0 heterocycles. The van der Waals surface area contributed by atoms with Crippen LogP contribution >= 0.6 is 23.2 Å². The van der Waals surface area contributed by atoms with E-state index < -0.39 is 12.4 Å². The van der Waals surface area contributed by atoms with Crippen LogP contribution in [0.3, 0.4) is 0 Å². The van der Waals surface area contributed by atoms with Crippen molar-refractivity contribution in [1.29, 1.82) is 0 Å². The molecule has 0 amide bonds. The summed E-state index contributed by atoms with van der Waals surface area (Å²) in [5.41, 5.74) is 0. The van der Waals surface area contributed by atoms with Crippen LogP contribution in [0, 0.1) is 5.82 Å². The van der Waals surface area contributed by atoms with Crippen LogP contribution in [0.25, 0.3) is 0 Å². The SMILES string of the molecule is Fc1cc(Cl)c(OC(F)F)cc1Cl. The lowest BCUT2D eigenvalue weighted by atomic mass is 10.3. The predicted molar refractivity (Wildman–Crippen MR) is 43.1 cm³/mol. The lowest BCUT2D eigenvalue weighted by molar-refractivity contribution is -0.0498. The van der Waals surface area contributed by atoms with Gasteiger partial charge in [-0.05, 0) is 6.07 Å². The first-order chi connectivity index (χ1) is 6.00. The van der Waals surface area contributed by atoms with Crippen LogP contribution in [0.5, 0.6) is 5.75 Å². The topological polar surface area (TPSA) is 9.23 Å². The van der Waals surface area contributed by atoms with Gasteiger partial charge in [0.05, 0.1) is 10.0 Å². The van der Waals surface area contributed by atoms with Crippen molar-refractivity contribution < 1.29 is 17.9 Å². The molecule has 72 valence electrons. The van der Waals surface area contributed by atoms with Crippen molar-refractivity contribution in [3.8, 4) is 5.75 Å². The van der Waals surface area contributed by atoms with Crippen LogP contribution in [0.4, 0.5) is 13.2 Å². The van der Waals surface area contributed by atoms with E-state index in [1.165, 1.54) is 0 Å². The maximum Gasteiger partial charge on any atom is 0.387 e. The van der Waals surface area contributed by atoms with Crippen LogP contribution in [0.15, 0.2) is 12.1 Å². The van der Waals surface area contributed by atoms with Crippen LogP contribution in [-0.2, 0) is 0 Å². The summed E-state index contributed by atoms with van der Waals surface area (Å²) in [7, 11) is 0. The molecule has 0 aliphatic heterocycles. The van der Waals surface area contributed by atoms with E-state index in [4.69, 9.17) is 23.2 Å². The van der Waals surface area contributed by atoms with Crippen molar-refractivity contribution >= 4 is 23.2 Å². The normalized spacial score (nSPS) is 10.6. The molecule has 0 saturated heterocycles. The summed E-state index contributed by atoms with van der Waals surface area (Å²) in [6, 6.07) is 1.70. The molecule has 0 unspecified atom stereocenters. The summed E-state index contributed by atoms with van der Waals surface area (Å²) in [6.45, 7) is -3.01. The van der Waals surface area contributed by atoms with E-state index in [0.717, 1.165) is 12.1 Å². The summed E-state index contributed by atoms with van der Waals surface area (Å²) in [4.78, 5) is 0. The summed E-state index contributed by atoms with van der Waals surface area (Å²) >= 11 is 10.7. The Labute approximate surface area is 82.0 Å². The third-order valence-electron chi connectivity index (χ3n) is 1.19. The highest BCUT2D eigenvalue weighted by Gasteiger charge is 2.11. The number of benzene rings is 1. The highest BCUT2D eigenvalue weighted by Crippen LogP contribution is 2.31. The molecular weight excluding hydrogens is 228 g/mol. The summed E-state index contributed by atoms with van der Waals surface area (Å²) in [5.74, 6) is -1.13. The van der Waals surface area contributed by atoms with Crippen molar-refractivity contribution in [3.63, 3.8) is 0 Å². The van der Waals surface area contributed by atoms with Gasteiger partial charge in [-0.3, -0.25) is 0 Å². The van der Waals surface area contributed by atoms with E-state index in [1.54, 1.807) is 0 Å². The Morgan fingerprint density at radius 2 is 1.77 bits per heavy atom. The van der Waals surface area contributed by atoms with Gasteiger partial charge in [0.25, 0.3) is 0 Å². The van der Waals surface area contributed by atoms with Gasteiger partial charge in [0.2, 0.25) is 0 Å². The molecule has 13 heavy (non-hydrogen) atoms. The van der Waals surface area contributed by atoms with Gasteiger partial charge in [0.1, 0.15) is 11.6 Å². The van der Waals surface area contributed by atoms with Gasteiger partial charge in [0, 0.05) is 6.07 Å². The fourth-order valence-electron chi connectivity index (χ4n) is 0.691. The minimum atomic E-state index is -3.01. The molecule has 6 heteroatoms. The molecule has 1 aromatic rings. The second kappa shape index (κ2) is 4.07. The molecule has 0 aromatic heterocycles. The fraction of sp³-hybridized carbons (Fsp3) is 0.143. The summed E-state index contributed by atoms with van der Waals surface area (Å²) in [6.07, 6.45) is 0. The molecule has 0 bridgehead atoms. The van der Waals surface area contributed by atoms with Crippen LogP contribution in [-0.4, -0.2) is 6.61 Å². The Hall–Kier alpha value is -0.610. The molecule has 1 aromatic carbocycles. The Balaban J connectivity index is 3.01. The summed E-state index contributed by atoms with van der Waals surface area (Å²) < 4.78 is 40.0. The van der Waals surface area contributed by atoms with E-state index in [9.17, 15) is 13.2 Å². The van der Waals surface area contributed by atoms with Gasteiger partial charge in [-0.15, -0.1) is 0 Å². The van der Waals surface area contributed by atoms with Crippen LogP contribution in [0.1, 0.15) is 0 Å². The number of hydrogen-bond acceptors (Lipinski definition) is 1. The molecule has 0 atom stereocenters. The lowest BCUT2D eigenvalue weighted by Crippen LogP contribution is -2.02. The van der Waals surface area contributed by atoms with E-state index in [2.05, 4.69) is 4.74 Å². The zero-order valence-electron chi connectivity index (χ0n) is 6.03. The van der Waals surface area contributed by atoms with Crippen molar-refractivity contribution in [3.05, 3.63) is 28.0 Å². The maximum absolute atomic E-state index is 12.6. The zero-order valence-corrected chi connectivity index (χ0v) is 7.54. The molecule has 0 fully saturated rings. The largest absolute Gasteiger partial charge is 0.433 e. The number of halogens is 5. The molecule has 1 rings (SSSR count). The number of alkyl halides is 2. The first-order valence-corrected chi connectivity index (χ1v) is 3.85. The molecular formula is C7H3Cl2F3O. The van der Waals surface area contributed by atoms with Gasteiger partial charge in [0.15, 0.2) is 0 Å². The quantitative estimate of drug-likeness (QED) is 0.704. The number of ether oxygens (including phenoxy) is 1. The standard InChI is InChI=1S/C7H3Cl2F3O/c8-3-2-6(13-7(11)12)4(9)1-5(3)10/h1-2,7H. The van der Waals surface area contributed by atoms with Gasteiger partial charge in [-0.25, -0.2) is 4.39 Å². The fourth-order valence-corrected chi connectivity index (χ4v) is 1.04. The number of rotatable bonds is 2. The first kappa shape index (κ1) is 10.5. The molecule has 0 spiro atoms. The second-order valence-corrected chi connectivity index (χ2v) is 2.89. The van der Waals surface area contributed by atoms with E-state index in [-0.39, 0.29) is 15.8 Å². The van der Waals surface area contributed by atoms with E-state index >= 15 is 0 Å². The monoisotopic (exact) mass is 230 g/mol. The highest BCUT2D eigenvalue weighted by molar-refractivity contribution is 6.34. The molecule has 0 aliphatic carbocycles. The van der Waals surface area contributed by atoms with Crippen molar-refractivity contribution in [2.75, 3.05) is 0 Å². The third kappa shape index (κ3) is 2.67. The smallest absolute Gasteiger partial charge is 0.387 e. The predicted octanol–water partition coefficient (Wildman–Crippen LogP) is 3.73. The Morgan fingerprint density at radius 1 is 1.15 bits per heavy atom. The number of hydrogen-bond donors (Lipinski definition) is 0. The molecule has 0 N–H and O–H groups in total. The Bertz CT molecular complexity index is 317. The average Bonchev–Trinajstić information content (AvgIpc) is 1.99. The second-order valence-electron chi connectivity index (χ2n) is 2.08. The van der Waals surface area contributed by atoms with Gasteiger partial charge < -0.3 is 4.74 Å². The van der Waals surface area contributed by atoms with E-state index in [1.807, 2.05) is 0 Å². The van der Waals surface area contributed by atoms with E-state index in [0.29, 0.717) is 0 Å². The summed E-state index contributed by atoms with van der Waals surface area (Å²) in [5, 5.41) is -0.567. The zero-order chi connectivity index (χ0) is 10.0. The average molecular weight is 231 g/mol. The Kier molecular flexibility index (Phi) is 3.27. The van der Waals surface area contributed by atoms with Gasteiger partial charge >= 0.3 is 6.61 Å². The Morgan fingerprint density at radius 3 is 2.31 bits per heavy atom. The van der Waals surface area contributed by atoms with Gasteiger partial charge in [-0.1, -0.05) is 23.2 Å². The minimum absolute atomic E-state index is 0.248. The molecule has 1 nitrogen and oxygen atoms in total. The first-order valence-electron chi connectivity index (χ1n) is 3.10. The molecule has 0 radical (unpaired) electrons. The van der Waals surface area contributed by atoms with Crippen molar-refractivity contribution in [2.45, 2.75) is 6.61 Å². The van der Waals surface area contributed by atoms with Crippen LogP contribution in [0.2, 0.25) is 10.0 Å².